The zero-order chi connectivity index (χ0) is 28.9. The van der Waals surface area contributed by atoms with Crippen LogP contribution in [0, 0.1) is 5.92 Å². The highest BCUT2D eigenvalue weighted by Gasteiger charge is 2.24. The number of unbranched alkanes of at least 4 members (excludes halogenated alkanes) is 2. The van der Waals surface area contributed by atoms with Crippen LogP contribution < -0.4 is 9.47 Å². The van der Waals surface area contributed by atoms with Crippen LogP contribution in [0.15, 0.2) is 60.0 Å². The lowest BCUT2D eigenvalue weighted by Gasteiger charge is -2.29. The molecule has 0 N–H and O–H groups in total. The average molecular weight is 565 g/mol. The highest BCUT2D eigenvalue weighted by molar-refractivity contribution is 7.09. The molecule has 40 heavy (non-hydrogen) atoms. The van der Waals surface area contributed by atoms with Crippen LogP contribution >= 0.6 is 11.3 Å². The van der Waals surface area contributed by atoms with Crippen LogP contribution in [0.25, 0.3) is 0 Å². The molecule has 0 fully saturated rings. The smallest absolute Gasteiger partial charge is 0.254 e. The Kier molecular flexibility index (Phi) is 12.5. The molecule has 0 radical (unpaired) electrons. The van der Waals surface area contributed by atoms with E-state index in [0.29, 0.717) is 43.1 Å². The number of aryl methyl sites for hydroxylation is 1. The van der Waals surface area contributed by atoms with Gasteiger partial charge in [-0.2, -0.15) is 0 Å². The van der Waals surface area contributed by atoms with E-state index in [1.54, 1.807) is 30.5 Å². The Labute approximate surface area is 243 Å². The second kappa shape index (κ2) is 16.1. The quantitative estimate of drug-likeness (QED) is 0.178. The van der Waals surface area contributed by atoms with Crippen LogP contribution in [0.2, 0.25) is 0 Å². The summed E-state index contributed by atoms with van der Waals surface area (Å²) in [6.07, 6.45) is 5.23. The number of carbonyl (C=O) groups is 2. The van der Waals surface area contributed by atoms with Gasteiger partial charge in [-0.05, 0) is 72.0 Å². The van der Waals surface area contributed by atoms with E-state index in [0.717, 1.165) is 23.3 Å². The zero-order valence-corrected chi connectivity index (χ0v) is 25.5. The molecule has 1 heterocycles. The lowest BCUT2D eigenvalue weighted by molar-refractivity contribution is -0.132. The number of hydrogen-bond acceptors (Lipinski definition) is 5. The van der Waals surface area contributed by atoms with Crippen molar-refractivity contribution in [2.75, 3.05) is 33.9 Å². The predicted molar refractivity (Wildman–Crippen MR) is 163 cm³/mol. The summed E-state index contributed by atoms with van der Waals surface area (Å²) in [7, 11) is 3.24. The first-order valence-electron chi connectivity index (χ1n) is 14.2. The molecule has 0 spiro atoms. The van der Waals surface area contributed by atoms with Gasteiger partial charge in [-0.25, -0.2) is 0 Å². The summed E-state index contributed by atoms with van der Waals surface area (Å²) in [5.41, 5.74) is 2.92. The molecular formula is C33H44N2O4S. The number of amides is 2. The van der Waals surface area contributed by atoms with Crippen molar-refractivity contribution in [1.82, 2.24) is 9.80 Å². The molecule has 0 saturated carbocycles. The third kappa shape index (κ3) is 9.40. The maximum absolute atomic E-state index is 13.7. The molecule has 7 heteroatoms. The normalized spacial score (nSPS) is 10.9. The molecule has 216 valence electrons. The van der Waals surface area contributed by atoms with Gasteiger partial charge < -0.3 is 19.3 Å². The Morgan fingerprint density at radius 3 is 2.23 bits per heavy atom. The molecule has 0 aliphatic carbocycles. The third-order valence-corrected chi connectivity index (χ3v) is 7.73. The largest absolute Gasteiger partial charge is 0.493 e. The number of nitrogens with zero attached hydrogens (tertiary/aromatic N) is 2. The summed E-state index contributed by atoms with van der Waals surface area (Å²) in [4.78, 5) is 32.0. The molecule has 0 atom stereocenters. The monoisotopic (exact) mass is 564 g/mol. The van der Waals surface area contributed by atoms with E-state index in [-0.39, 0.29) is 24.3 Å². The molecule has 0 aliphatic heterocycles. The van der Waals surface area contributed by atoms with Gasteiger partial charge >= 0.3 is 0 Å². The first kappa shape index (κ1) is 31.2. The first-order valence-corrected chi connectivity index (χ1v) is 15.1. The summed E-state index contributed by atoms with van der Waals surface area (Å²) in [6, 6.07) is 17.8. The lowest BCUT2D eigenvalue weighted by atomic mass is 10.0. The molecule has 3 aromatic rings. The van der Waals surface area contributed by atoms with Gasteiger partial charge in [0.05, 0.1) is 20.8 Å². The molecule has 0 bridgehead atoms. The fourth-order valence-corrected chi connectivity index (χ4v) is 5.40. The standard InChI is InChI=1S/C33H44N2O4S/c1-6-7-8-10-26-12-15-28(16-13-26)33(37)35(22-25(2)3)24-32(36)34(23-29-11-9-20-40-29)19-18-27-14-17-30(38-4)31(21-27)39-5/h9,11-17,20-21,25H,6-8,10,18-19,22-24H2,1-5H3. The SMILES string of the molecule is CCCCCc1ccc(C(=O)N(CC(=O)N(CCc2ccc(OC)c(OC)c2)Cc2cccs2)CC(C)C)cc1. The molecule has 1 aromatic heterocycles. The highest BCUT2D eigenvalue weighted by Crippen LogP contribution is 2.28. The van der Waals surface area contributed by atoms with Gasteiger partial charge in [-0.3, -0.25) is 9.59 Å². The van der Waals surface area contributed by atoms with Gasteiger partial charge in [-0.1, -0.05) is 57.9 Å². The van der Waals surface area contributed by atoms with Crippen LogP contribution in [0.4, 0.5) is 0 Å². The van der Waals surface area contributed by atoms with E-state index in [1.807, 2.05) is 64.9 Å². The van der Waals surface area contributed by atoms with E-state index in [2.05, 4.69) is 20.8 Å². The number of methoxy groups -OCH3 is 2. The van der Waals surface area contributed by atoms with Gasteiger partial charge in [0.1, 0.15) is 6.54 Å². The molecule has 0 aliphatic rings. The van der Waals surface area contributed by atoms with Gasteiger partial charge in [0.15, 0.2) is 11.5 Å². The van der Waals surface area contributed by atoms with Crippen molar-refractivity contribution in [1.29, 1.82) is 0 Å². The molecule has 2 aromatic carbocycles. The number of ether oxygens (including phenoxy) is 2. The van der Waals surface area contributed by atoms with Crippen LogP contribution in [0.3, 0.4) is 0 Å². The Morgan fingerprint density at radius 1 is 0.875 bits per heavy atom. The highest BCUT2D eigenvalue weighted by atomic mass is 32.1. The summed E-state index contributed by atoms with van der Waals surface area (Å²) in [5, 5.41) is 2.02. The number of carbonyl (C=O) groups excluding carboxylic acids is 2. The Hall–Kier alpha value is -3.32. The Morgan fingerprint density at radius 2 is 1.60 bits per heavy atom. The van der Waals surface area contributed by atoms with Gasteiger partial charge in [0.25, 0.3) is 5.91 Å². The number of rotatable bonds is 16. The van der Waals surface area contributed by atoms with E-state index >= 15 is 0 Å². The minimum Gasteiger partial charge on any atom is -0.493 e. The van der Waals surface area contributed by atoms with Crippen molar-refractivity contribution in [2.24, 2.45) is 5.92 Å². The lowest BCUT2D eigenvalue weighted by Crippen LogP contribution is -2.44. The maximum atomic E-state index is 13.7. The third-order valence-electron chi connectivity index (χ3n) is 6.87. The average Bonchev–Trinajstić information content (AvgIpc) is 3.48. The van der Waals surface area contributed by atoms with Crippen molar-refractivity contribution in [3.8, 4) is 11.5 Å². The van der Waals surface area contributed by atoms with E-state index in [1.165, 1.54) is 18.4 Å². The number of benzene rings is 2. The molecule has 3 rings (SSSR count). The fraction of sp³-hybridized carbons (Fsp3) is 0.455. The van der Waals surface area contributed by atoms with E-state index < -0.39 is 0 Å². The Balaban J connectivity index is 1.74. The van der Waals surface area contributed by atoms with Crippen LogP contribution in [-0.2, 0) is 24.2 Å². The maximum Gasteiger partial charge on any atom is 0.254 e. The topological polar surface area (TPSA) is 59.1 Å². The second-order valence-corrected chi connectivity index (χ2v) is 11.6. The van der Waals surface area contributed by atoms with Crippen LogP contribution in [0.5, 0.6) is 11.5 Å². The predicted octanol–water partition coefficient (Wildman–Crippen LogP) is 6.87. The molecule has 6 nitrogen and oxygen atoms in total. The van der Waals surface area contributed by atoms with Crippen molar-refractivity contribution in [3.63, 3.8) is 0 Å². The van der Waals surface area contributed by atoms with Crippen molar-refractivity contribution < 1.29 is 19.1 Å². The molecule has 0 unspecified atom stereocenters. The minimum atomic E-state index is -0.0990. The molecule has 2 amide bonds. The second-order valence-electron chi connectivity index (χ2n) is 10.6. The van der Waals surface area contributed by atoms with E-state index in [4.69, 9.17) is 9.47 Å². The van der Waals surface area contributed by atoms with Crippen molar-refractivity contribution in [2.45, 2.75) is 59.4 Å². The fourth-order valence-electron chi connectivity index (χ4n) is 4.68. The van der Waals surface area contributed by atoms with Crippen molar-refractivity contribution >= 4 is 23.2 Å². The van der Waals surface area contributed by atoms with Crippen molar-refractivity contribution in [3.05, 3.63) is 81.5 Å². The summed E-state index contributed by atoms with van der Waals surface area (Å²) >= 11 is 1.63. The zero-order valence-electron chi connectivity index (χ0n) is 24.7. The summed E-state index contributed by atoms with van der Waals surface area (Å²) < 4.78 is 10.8. The molecular weight excluding hydrogens is 520 g/mol. The van der Waals surface area contributed by atoms with Gasteiger partial charge in [0.2, 0.25) is 5.91 Å². The number of hydrogen-bond donors (Lipinski definition) is 0. The summed E-state index contributed by atoms with van der Waals surface area (Å²) in [6.45, 7) is 7.95. The Bertz CT molecular complexity index is 1190. The van der Waals surface area contributed by atoms with Gasteiger partial charge in [0, 0.05) is 23.5 Å². The first-order chi connectivity index (χ1) is 19.3. The van der Waals surface area contributed by atoms with Crippen LogP contribution in [-0.4, -0.2) is 55.5 Å². The minimum absolute atomic E-state index is 0.0482. The number of thiophene rings is 1. The van der Waals surface area contributed by atoms with Crippen LogP contribution in [0.1, 0.15) is 66.4 Å². The summed E-state index contributed by atoms with van der Waals surface area (Å²) in [5.74, 6) is 1.43. The van der Waals surface area contributed by atoms with Gasteiger partial charge in [-0.15, -0.1) is 11.3 Å². The molecule has 0 saturated heterocycles. The van der Waals surface area contributed by atoms with E-state index in [9.17, 15) is 9.59 Å².